The van der Waals surface area contributed by atoms with Crippen LogP contribution < -0.4 is 5.32 Å². The highest BCUT2D eigenvalue weighted by Gasteiger charge is 2.21. The summed E-state index contributed by atoms with van der Waals surface area (Å²) in [5.74, 6) is 0.0584. The van der Waals surface area contributed by atoms with Gasteiger partial charge in [-0.15, -0.1) is 11.3 Å². The Hall–Kier alpha value is -2.53. The SMILES string of the molecule is Cc1ccc(CC(C)(C)NC(=O)CCc2csc(-c3cccnc3)n2)cc1. The monoisotopic (exact) mass is 379 g/mol. The maximum absolute atomic E-state index is 12.4. The van der Waals surface area contributed by atoms with Crippen molar-refractivity contribution in [3.05, 3.63) is 71.0 Å². The first-order valence-corrected chi connectivity index (χ1v) is 10.0. The van der Waals surface area contributed by atoms with Gasteiger partial charge in [-0.1, -0.05) is 29.8 Å². The zero-order valence-corrected chi connectivity index (χ0v) is 16.8. The van der Waals surface area contributed by atoms with Gasteiger partial charge in [0.05, 0.1) is 5.69 Å². The van der Waals surface area contributed by atoms with E-state index in [1.165, 1.54) is 11.1 Å². The lowest BCUT2D eigenvalue weighted by molar-refractivity contribution is -0.122. The van der Waals surface area contributed by atoms with Crippen LogP contribution in [0.2, 0.25) is 0 Å². The topological polar surface area (TPSA) is 54.9 Å². The highest BCUT2D eigenvalue weighted by molar-refractivity contribution is 7.13. The second-order valence-corrected chi connectivity index (χ2v) is 8.34. The van der Waals surface area contributed by atoms with E-state index in [-0.39, 0.29) is 11.4 Å². The first-order valence-electron chi connectivity index (χ1n) is 9.13. The van der Waals surface area contributed by atoms with Crippen LogP contribution in [-0.4, -0.2) is 21.4 Å². The second-order valence-electron chi connectivity index (χ2n) is 7.48. The fourth-order valence-corrected chi connectivity index (χ4v) is 3.83. The van der Waals surface area contributed by atoms with Gasteiger partial charge in [-0.25, -0.2) is 4.98 Å². The molecule has 0 saturated heterocycles. The first-order chi connectivity index (χ1) is 12.9. The number of thiazole rings is 1. The minimum absolute atomic E-state index is 0.0584. The molecule has 0 aliphatic rings. The number of benzene rings is 1. The maximum Gasteiger partial charge on any atom is 0.220 e. The number of rotatable bonds is 7. The molecule has 5 heteroatoms. The van der Waals surface area contributed by atoms with Crippen LogP contribution in [0.25, 0.3) is 10.6 Å². The molecule has 0 aliphatic heterocycles. The Morgan fingerprint density at radius 3 is 2.67 bits per heavy atom. The standard InChI is InChI=1S/C22H25N3OS/c1-16-6-8-17(9-7-16)13-22(2,3)25-20(26)11-10-19-15-27-21(24-19)18-5-4-12-23-14-18/h4-9,12,14-15H,10-11,13H2,1-3H3,(H,25,26). The molecule has 2 heterocycles. The number of amides is 1. The van der Waals surface area contributed by atoms with Crippen LogP contribution in [0.1, 0.15) is 37.1 Å². The van der Waals surface area contributed by atoms with Crippen molar-refractivity contribution in [2.75, 3.05) is 0 Å². The molecule has 1 aromatic carbocycles. The summed E-state index contributed by atoms with van der Waals surface area (Å²) in [6.07, 6.45) is 5.45. The fourth-order valence-electron chi connectivity index (χ4n) is 2.99. The lowest BCUT2D eigenvalue weighted by Gasteiger charge is -2.26. The molecule has 1 N–H and O–H groups in total. The molecule has 3 rings (SSSR count). The Morgan fingerprint density at radius 1 is 1.19 bits per heavy atom. The lowest BCUT2D eigenvalue weighted by Crippen LogP contribution is -2.45. The van der Waals surface area contributed by atoms with Crippen molar-refractivity contribution in [3.8, 4) is 10.6 Å². The van der Waals surface area contributed by atoms with E-state index in [1.807, 2.05) is 23.7 Å². The molecule has 0 atom stereocenters. The van der Waals surface area contributed by atoms with Crippen LogP contribution in [-0.2, 0) is 17.6 Å². The van der Waals surface area contributed by atoms with Crippen molar-refractivity contribution in [1.82, 2.24) is 15.3 Å². The molecule has 0 unspecified atom stereocenters. The van der Waals surface area contributed by atoms with Gasteiger partial charge in [0.1, 0.15) is 5.01 Å². The van der Waals surface area contributed by atoms with Gasteiger partial charge in [-0.05, 0) is 51.3 Å². The fraction of sp³-hybridized carbons (Fsp3) is 0.318. The van der Waals surface area contributed by atoms with Gasteiger partial charge in [0.25, 0.3) is 0 Å². The molecule has 1 amide bonds. The number of nitrogens with one attached hydrogen (secondary N) is 1. The Balaban J connectivity index is 1.52. The van der Waals surface area contributed by atoms with Gasteiger partial charge in [0, 0.05) is 35.3 Å². The third kappa shape index (κ3) is 5.73. The summed E-state index contributed by atoms with van der Waals surface area (Å²) in [6, 6.07) is 12.4. The van der Waals surface area contributed by atoms with Crippen LogP contribution in [0, 0.1) is 6.92 Å². The average Bonchev–Trinajstić information content (AvgIpc) is 3.11. The summed E-state index contributed by atoms with van der Waals surface area (Å²) in [6.45, 7) is 6.21. The molecule has 0 aliphatic carbocycles. The van der Waals surface area contributed by atoms with Crippen LogP contribution in [0.4, 0.5) is 0 Å². The number of aryl methyl sites for hydroxylation is 2. The van der Waals surface area contributed by atoms with E-state index in [9.17, 15) is 4.79 Å². The van der Waals surface area contributed by atoms with Crippen molar-refractivity contribution in [1.29, 1.82) is 0 Å². The minimum Gasteiger partial charge on any atom is -0.351 e. The molecular formula is C22H25N3OS. The summed E-state index contributed by atoms with van der Waals surface area (Å²) < 4.78 is 0. The molecule has 140 valence electrons. The number of aromatic nitrogens is 2. The van der Waals surface area contributed by atoms with Gasteiger partial charge in [0.15, 0.2) is 0 Å². The van der Waals surface area contributed by atoms with Crippen molar-refractivity contribution in [2.24, 2.45) is 0 Å². The number of carbonyl (C=O) groups is 1. The van der Waals surface area contributed by atoms with E-state index in [1.54, 1.807) is 17.5 Å². The van der Waals surface area contributed by atoms with Gasteiger partial charge < -0.3 is 5.32 Å². The number of hydrogen-bond acceptors (Lipinski definition) is 4. The van der Waals surface area contributed by atoms with Gasteiger partial charge in [0.2, 0.25) is 5.91 Å². The average molecular weight is 380 g/mol. The van der Waals surface area contributed by atoms with E-state index in [0.29, 0.717) is 12.8 Å². The van der Waals surface area contributed by atoms with E-state index < -0.39 is 0 Å². The zero-order chi connectivity index (χ0) is 19.3. The Kier molecular flexibility index (Phi) is 6.01. The molecule has 0 spiro atoms. The summed E-state index contributed by atoms with van der Waals surface area (Å²) in [5, 5.41) is 6.12. The Labute approximate surface area is 164 Å². The van der Waals surface area contributed by atoms with Crippen molar-refractivity contribution in [3.63, 3.8) is 0 Å². The summed E-state index contributed by atoms with van der Waals surface area (Å²) >= 11 is 1.59. The Morgan fingerprint density at radius 2 is 1.96 bits per heavy atom. The van der Waals surface area contributed by atoms with Gasteiger partial charge in [-0.2, -0.15) is 0 Å². The molecule has 27 heavy (non-hydrogen) atoms. The van der Waals surface area contributed by atoms with E-state index in [4.69, 9.17) is 0 Å². The second kappa shape index (κ2) is 8.44. The maximum atomic E-state index is 12.4. The minimum atomic E-state index is -0.282. The Bertz CT molecular complexity index is 885. The smallest absolute Gasteiger partial charge is 0.220 e. The number of nitrogens with zero attached hydrogens (tertiary/aromatic N) is 2. The van der Waals surface area contributed by atoms with Crippen LogP contribution in [0.5, 0.6) is 0 Å². The molecule has 4 nitrogen and oxygen atoms in total. The van der Waals surface area contributed by atoms with E-state index in [0.717, 1.165) is 22.7 Å². The summed E-state index contributed by atoms with van der Waals surface area (Å²) in [4.78, 5) is 21.2. The molecular weight excluding hydrogens is 354 g/mol. The van der Waals surface area contributed by atoms with Gasteiger partial charge >= 0.3 is 0 Å². The van der Waals surface area contributed by atoms with Gasteiger partial charge in [-0.3, -0.25) is 9.78 Å². The predicted molar refractivity (Wildman–Crippen MR) is 111 cm³/mol. The highest BCUT2D eigenvalue weighted by Crippen LogP contribution is 2.23. The molecule has 3 aromatic rings. The zero-order valence-electron chi connectivity index (χ0n) is 16.0. The highest BCUT2D eigenvalue weighted by atomic mass is 32.1. The first kappa shape index (κ1) is 19.2. The third-order valence-corrected chi connectivity index (χ3v) is 5.25. The summed E-state index contributed by atoms with van der Waals surface area (Å²) in [5.41, 5.74) is 4.15. The molecule has 2 aromatic heterocycles. The largest absolute Gasteiger partial charge is 0.351 e. The van der Waals surface area contributed by atoms with Crippen LogP contribution >= 0.6 is 11.3 Å². The number of hydrogen-bond donors (Lipinski definition) is 1. The quantitative estimate of drug-likeness (QED) is 0.653. The number of carbonyl (C=O) groups excluding carboxylic acids is 1. The molecule has 0 fully saturated rings. The van der Waals surface area contributed by atoms with Crippen molar-refractivity contribution in [2.45, 2.75) is 45.6 Å². The normalized spacial score (nSPS) is 11.4. The van der Waals surface area contributed by atoms with E-state index >= 15 is 0 Å². The molecule has 0 radical (unpaired) electrons. The lowest BCUT2D eigenvalue weighted by atomic mass is 9.94. The third-order valence-electron chi connectivity index (χ3n) is 4.31. The van der Waals surface area contributed by atoms with Crippen LogP contribution in [0.15, 0.2) is 54.2 Å². The van der Waals surface area contributed by atoms with E-state index in [2.05, 4.69) is 60.3 Å². The van der Waals surface area contributed by atoms with Crippen LogP contribution in [0.3, 0.4) is 0 Å². The predicted octanol–water partition coefficient (Wildman–Crippen LogP) is 4.58. The van der Waals surface area contributed by atoms with Crippen molar-refractivity contribution >= 4 is 17.2 Å². The molecule has 0 saturated carbocycles. The van der Waals surface area contributed by atoms with Crippen molar-refractivity contribution < 1.29 is 4.79 Å². The molecule has 0 bridgehead atoms. The summed E-state index contributed by atoms with van der Waals surface area (Å²) in [7, 11) is 0. The number of pyridine rings is 1.